The van der Waals surface area contributed by atoms with Crippen LogP contribution >= 0.6 is 31.9 Å². The van der Waals surface area contributed by atoms with E-state index in [1.54, 1.807) is 13.2 Å². The van der Waals surface area contributed by atoms with Gasteiger partial charge in [0.15, 0.2) is 0 Å². The van der Waals surface area contributed by atoms with Gasteiger partial charge in [-0.15, -0.1) is 0 Å². The summed E-state index contributed by atoms with van der Waals surface area (Å²) in [7, 11) is 1.58. The molecule has 5 heteroatoms. The third-order valence-corrected chi connectivity index (χ3v) is 3.68. The molecule has 0 aliphatic rings. The minimum Gasteiger partial charge on any atom is -0.496 e. The van der Waals surface area contributed by atoms with Crippen molar-refractivity contribution in [3.8, 4) is 5.75 Å². The Bertz CT molecular complexity index is 410. The van der Waals surface area contributed by atoms with Crippen LogP contribution in [-0.2, 0) is 0 Å². The molecule has 0 unspecified atom stereocenters. The Hall–Kier alpha value is -0.550. The molecule has 100 valence electrons. The van der Waals surface area contributed by atoms with Crippen molar-refractivity contribution >= 4 is 37.8 Å². The fraction of sp³-hybridized carbons (Fsp3) is 0.462. The fourth-order valence-electron chi connectivity index (χ4n) is 1.67. The van der Waals surface area contributed by atoms with Crippen molar-refractivity contribution in [1.82, 2.24) is 4.90 Å². The molecule has 0 N–H and O–H groups in total. The average molecular weight is 379 g/mol. The zero-order valence-electron chi connectivity index (χ0n) is 10.6. The molecule has 0 saturated heterocycles. The fourth-order valence-corrected chi connectivity index (χ4v) is 2.26. The van der Waals surface area contributed by atoms with E-state index in [9.17, 15) is 4.79 Å². The van der Waals surface area contributed by atoms with Crippen LogP contribution in [0.1, 0.15) is 23.7 Å². The molecule has 0 saturated carbocycles. The maximum Gasteiger partial charge on any atom is 0.257 e. The summed E-state index contributed by atoms with van der Waals surface area (Å²) in [5.41, 5.74) is 0.608. The van der Waals surface area contributed by atoms with Crippen LogP contribution in [0.4, 0.5) is 0 Å². The van der Waals surface area contributed by atoms with Crippen molar-refractivity contribution in [2.75, 3.05) is 25.5 Å². The summed E-state index contributed by atoms with van der Waals surface area (Å²) in [6, 6.07) is 5.46. The van der Waals surface area contributed by atoms with E-state index in [-0.39, 0.29) is 5.91 Å². The number of hydrogen-bond acceptors (Lipinski definition) is 2. The summed E-state index contributed by atoms with van der Waals surface area (Å²) in [6.45, 7) is 3.43. The number of ether oxygens (including phenoxy) is 1. The summed E-state index contributed by atoms with van der Waals surface area (Å²) in [6.07, 6.45) is 0.943. The number of nitrogens with zero attached hydrogens (tertiary/aromatic N) is 1. The van der Waals surface area contributed by atoms with E-state index in [1.807, 2.05) is 24.0 Å². The number of amides is 1. The number of carbonyl (C=O) groups is 1. The lowest BCUT2D eigenvalue weighted by Crippen LogP contribution is -2.32. The van der Waals surface area contributed by atoms with Crippen molar-refractivity contribution in [2.45, 2.75) is 13.3 Å². The first-order valence-electron chi connectivity index (χ1n) is 5.82. The van der Waals surface area contributed by atoms with Gasteiger partial charge in [0.25, 0.3) is 5.91 Å². The Balaban J connectivity index is 2.93. The third-order valence-electron chi connectivity index (χ3n) is 2.62. The van der Waals surface area contributed by atoms with E-state index >= 15 is 0 Å². The lowest BCUT2D eigenvalue weighted by atomic mass is 10.1. The molecule has 0 bridgehead atoms. The number of carbonyl (C=O) groups excluding carboxylic acids is 1. The van der Waals surface area contributed by atoms with Gasteiger partial charge in [0.05, 0.1) is 12.7 Å². The number of halogens is 2. The predicted octanol–water partition coefficient (Wildman–Crippen LogP) is 3.70. The predicted molar refractivity (Wildman–Crippen MR) is 80.7 cm³/mol. The molecule has 0 spiro atoms. The van der Waals surface area contributed by atoms with Crippen molar-refractivity contribution in [3.05, 3.63) is 28.2 Å². The van der Waals surface area contributed by atoms with Crippen LogP contribution < -0.4 is 4.74 Å². The number of benzene rings is 1. The lowest BCUT2D eigenvalue weighted by molar-refractivity contribution is 0.0761. The first-order valence-corrected chi connectivity index (χ1v) is 7.74. The highest BCUT2D eigenvalue weighted by Crippen LogP contribution is 2.24. The number of rotatable bonds is 6. The Labute approximate surface area is 125 Å². The molecule has 1 aromatic carbocycles. The maximum atomic E-state index is 12.4. The standard InChI is InChI=1S/C13H17Br2NO2/c1-3-16(8-4-7-14)13(17)11-6-5-10(15)9-12(11)18-2/h5-6,9H,3-4,7-8H2,1-2H3. The third kappa shape index (κ3) is 3.99. The zero-order chi connectivity index (χ0) is 13.5. The van der Waals surface area contributed by atoms with Crippen LogP contribution in [0.25, 0.3) is 0 Å². The number of alkyl halides is 1. The number of hydrogen-bond donors (Lipinski definition) is 0. The Morgan fingerprint density at radius 1 is 1.44 bits per heavy atom. The smallest absolute Gasteiger partial charge is 0.257 e. The van der Waals surface area contributed by atoms with Gasteiger partial charge in [0, 0.05) is 22.9 Å². The van der Waals surface area contributed by atoms with Crippen molar-refractivity contribution in [1.29, 1.82) is 0 Å². The molecule has 0 atom stereocenters. The average Bonchev–Trinajstić information content (AvgIpc) is 2.39. The molecule has 1 aromatic rings. The van der Waals surface area contributed by atoms with Crippen molar-refractivity contribution < 1.29 is 9.53 Å². The second kappa shape index (κ2) is 7.79. The quantitative estimate of drug-likeness (QED) is 0.706. The topological polar surface area (TPSA) is 29.5 Å². The minimum absolute atomic E-state index is 0.0165. The minimum atomic E-state index is 0.0165. The van der Waals surface area contributed by atoms with Gasteiger partial charge >= 0.3 is 0 Å². The summed E-state index contributed by atoms with van der Waals surface area (Å²) in [5, 5.41) is 0.897. The van der Waals surface area contributed by atoms with E-state index in [2.05, 4.69) is 31.9 Å². The van der Waals surface area contributed by atoms with Gasteiger partial charge in [-0.05, 0) is 31.5 Å². The lowest BCUT2D eigenvalue weighted by Gasteiger charge is -2.21. The van der Waals surface area contributed by atoms with Crippen LogP contribution in [0.5, 0.6) is 5.75 Å². The first kappa shape index (κ1) is 15.5. The summed E-state index contributed by atoms with van der Waals surface area (Å²) in [5.74, 6) is 0.620. The Kier molecular flexibility index (Phi) is 6.71. The maximum absolute atomic E-state index is 12.4. The van der Waals surface area contributed by atoms with E-state index in [0.717, 1.165) is 22.8 Å². The molecule has 0 fully saturated rings. The van der Waals surface area contributed by atoms with Crippen molar-refractivity contribution in [3.63, 3.8) is 0 Å². The van der Waals surface area contributed by atoms with Crippen molar-refractivity contribution in [2.24, 2.45) is 0 Å². The Morgan fingerprint density at radius 3 is 2.72 bits per heavy atom. The van der Waals surface area contributed by atoms with Gasteiger partial charge in [0.1, 0.15) is 5.75 Å². The van der Waals surface area contributed by atoms with Gasteiger partial charge in [0.2, 0.25) is 0 Å². The van der Waals surface area contributed by atoms with Gasteiger partial charge in [-0.1, -0.05) is 31.9 Å². The molecule has 0 aliphatic carbocycles. The van der Waals surface area contributed by atoms with Gasteiger partial charge in [-0.2, -0.15) is 0 Å². The SMILES string of the molecule is CCN(CCCBr)C(=O)c1ccc(Br)cc1OC. The van der Waals surface area contributed by atoms with Crippen LogP contribution in [0.2, 0.25) is 0 Å². The Morgan fingerprint density at radius 2 is 2.17 bits per heavy atom. The molecular weight excluding hydrogens is 362 g/mol. The van der Waals surface area contributed by atoms with Gasteiger partial charge in [-0.25, -0.2) is 0 Å². The van der Waals surface area contributed by atoms with Crippen LogP contribution in [0, 0.1) is 0 Å². The monoisotopic (exact) mass is 377 g/mol. The van der Waals surface area contributed by atoms with Crippen LogP contribution in [-0.4, -0.2) is 36.3 Å². The largest absolute Gasteiger partial charge is 0.496 e. The zero-order valence-corrected chi connectivity index (χ0v) is 13.8. The number of methoxy groups -OCH3 is 1. The van der Waals surface area contributed by atoms with E-state index in [1.165, 1.54) is 0 Å². The second-order valence-electron chi connectivity index (χ2n) is 3.77. The van der Waals surface area contributed by atoms with Crippen LogP contribution in [0.15, 0.2) is 22.7 Å². The molecular formula is C13H17Br2NO2. The van der Waals surface area contributed by atoms with Gasteiger partial charge < -0.3 is 9.64 Å². The molecule has 3 nitrogen and oxygen atoms in total. The summed E-state index contributed by atoms with van der Waals surface area (Å²) in [4.78, 5) is 14.2. The molecule has 0 radical (unpaired) electrons. The molecule has 0 heterocycles. The molecule has 0 aromatic heterocycles. The highest BCUT2D eigenvalue weighted by atomic mass is 79.9. The first-order chi connectivity index (χ1) is 8.63. The van der Waals surface area contributed by atoms with Crippen LogP contribution in [0.3, 0.4) is 0 Å². The highest BCUT2D eigenvalue weighted by Gasteiger charge is 2.18. The molecule has 18 heavy (non-hydrogen) atoms. The van der Waals surface area contributed by atoms with E-state index in [4.69, 9.17) is 4.74 Å². The van der Waals surface area contributed by atoms with E-state index in [0.29, 0.717) is 17.9 Å². The van der Waals surface area contributed by atoms with Gasteiger partial charge in [-0.3, -0.25) is 4.79 Å². The molecule has 1 rings (SSSR count). The second-order valence-corrected chi connectivity index (χ2v) is 5.48. The molecule has 0 aliphatic heterocycles. The van der Waals surface area contributed by atoms with E-state index < -0.39 is 0 Å². The highest BCUT2D eigenvalue weighted by molar-refractivity contribution is 9.10. The summed E-state index contributed by atoms with van der Waals surface area (Å²) < 4.78 is 6.16. The summed E-state index contributed by atoms with van der Waals surface area (Å²) >= 11 is 6.75. The molecule has 1 amide bonds. The normalized spacial score (nSPS) is 10.2.